The van der Waals surface area contributed by atoms with E-state index in [-0.39, 0.29) is 31.3 Å². The maximum absolute atomic E-state index is 12.2. The lowest BCUT2D eigenvalue weighted by Crippen LogP contribution is -2.17. The molecule has 2 heterocycles. The van der Waals surface area contributed by atoms with Crippen LogP contribution < -0.4 is 10.1 Å². The monoisotopic (exact) mass is 336 g/mol. The molecule has 0 aliphatic rings. The Morgan fingerprint density at radius 1 is 1.32 bits per heavy atom. The molecule has 0 atom stereocenters. The molecule has 1 aromatic carbocycles. The molecule has 0 spiro atoms. The number of rotatable bonds is 6. The number of benzene rings is 1. The van der Waals surface area contributed by atoms with Crippen molar-refractivity contribution in [2.75, 3.05) is 11.9 Å². The number of nitriles is 1. The summed E-state index contributed by atoms with van der Waals surface area (Å²) in [5, 5.41) is 16.1. The highest BCUT2D eigenvalue weighted by Crippen LogP contribution is 2.23. The normalized spacial score (nSPS) is 10.4. The number of anilines is 1. The van der Waals surface area contributed by atoms with Crippen LogP contribution in [-0.4, -0.2) is 32.3 Å². The molecule has 0 saturated carbocycles. The number of hydrogen-bond donors (Lipinski definition) is 1. The van der Waals surface area contributed by atoms with Crippen LogP contribution >= 0.6 is 0 Å². The highest BCUT2D eigenvalue weighted by atomic mass is 16.5. The van der Waals surface area contributed by atoms with Gasteiger partial charge < -0.3 is 4.74 Å². The molecule has 126 valence electrons. The molecule has 0 bridgehead atoms. The lowest BCUT2D eigenvalue weighted by atomic mass is 10.1. The summed E-state index contributed by atoms with van der Waals surface area (Å²) in [7, 11) is 1.74. The lowest BCUT2D eigenvalue weighted by molar-refractivity contribution is -0.115. The first-order valence-corrected chi connectivity index (χ1v) is 7.70. The van der Waals surface area contributed by atoms with Crippen LogP contribution in [0.4, 0.5) is 5.95 Å². The van der Waals surface area contributed by atoms with E-state index in [0.29, 0.717) is 16.9 Å². The molecule has 3 rings (SSSR count). The van der Waals surface area contributed by atoms with Gasteiger partial charge in [0.2, 0.25) is 17.7 Å². The van der Waals surface area contributed by atoms with E-state index in [4.69, 9.17) is 10.00 Å². The van der Waals surface area contributed by atoms with Crippen LogP contribution in [-0.2, 0) is 18.3 Å². The standard InChI is InChI=1S/C17H16N6O2/c1-23-15-13(11-19-23)16(25-9-5-8-18)22-17(21-15)20-14(24)10-12-6-3-2-4-7-12/h2-4,6-7,11H,5,9-10H2,1H3,(H,20,21,22,24). The van der Waals surface area contributed by atoms with Crippen molar-refractivity contribution in [3.63, 3.8) is 0 Å². The van der Waals surface area contributed by atoms with E-state index in [2.05, 4.69) is 20.4 Å². The maximum atomic E-state index is 12.2. The summed E-state index contributed by atoms with van der Waals surface area (Å²) in [6.45, 7) is 0.203. The largest absolute Gasteiger partial charge is 0.476 e. The van der Waals surface area contributed by atoms with Gasteiger partial charge in [0.05, 0.1) is 25.1 Å². The second-order valence-electron chi connectivity index (χ2n) is 5.32. The van der Waals surface area contributed by atoms with Crippen molar-refractivity contribution in [1.82, 2.24) is 19.7 Å². The minimum atomic E-state index is -0.226. The molecule has 1 N–H and O–H groups in total. The van der Waals surface area contributed by atoms with Gasteiger partial charge in [0.15, 0.2) is 5.65 Å². The summed E-state index contributed by atoms with van der Waals surface area (Å²) in [4.78, 5) is 20.8. The van der Waals surface area contributed by atoms with Gasteiger partial charge >= 0.3 is 0 Å². The van der Waals surface area contributed by atoms with Crippen LogP contribution in [0.1, 0.15) is 12.0 Å². The van der Waals surface area contributed by atoms with Crippen LogP contribution in [0.5, 0.6) is 5.88 Å². The number of aromatic nitrogens is 4. The summed E-state index contributed by atoms with van der Waals surface area (Å²) in [5.74, 6) is 0.211. The van der Waals surface area contributed by atoms with Gasteiger partial charge in [0.1, 0.15) is 12.0 Å². The number of carbonyl (C=O) groups excluding carboxylic acids is 1. The predicted octanol–water partition coefficient (Wildman–Crippen LogP) is 1.84. The second-order valence-corrected chi connectivity index (χ2v) is 5.32. The molecule has 3 aromatic rings. The van der Waals surface area contributed by atoms with E-state index in [1.807, 2.05) is 36.4 Å². The third kappa shape index (κ3) is 3.90. The molecule has 0 fully saturated rings. The zero-order valence-electron chi connectivity index (χ0n) is 13.6. The maximum Gasteiger partial charge on any atom is 0.234 e. The summed E-state index contributed by atoms with van der Waals surface area (Å²) < 4.78 is 7.11. The van der Waals surface area contributed by atoms with Gasteiger partial charge in [-0.2, -0.15) is 20.3 Å². The SMILES string of the molecule is Cn1ncc2c(OCCC#N)nc(NC(=O)Cc3ccccc3)nc21. The van der Waals surface area contributed by atoms with E-state index >= 15 is 0 Å². The zero-order valence-corrected chi connectivity index (χ0v) is 13.6. The number of ether oxygens (including phenoxy) is 1. The second kappa shape index (κ2) is 7.40. The zero-order chi connectivity index (χ0) is 17.6. The number of hydrogen-bond acceptors (Lipinski definition) is 6. The topological polar surface area (TPSA) is 106 Å². The first kappa shape index (κ1) is 16.4. The van der Waals surface area contributed by atoms with Gasteiger partial charge in [-0.1, -0.05) is 30.3 Å². The third-order valence-electron chi connectivity index (χ3n) is 3.47. The van der Waals surface area contributed by atoms with Gasteiger partial charge in [0.25, 0.3) is 0 Å². The Hall–Kier alpha value is -3.47. The van der Waals surface area contributed by atoms with Gasteiger partial charge in [-0.25, -0.2) is 0 Å². The fraction of sp³-hybridized carbons (Fsp3) is 0.235. The molecule has 0 unspecified atom stereocenters. The Morgan fingerprint density at radius 2 is 2.12 bits per heavy atom. The molecule has 8 nitrogen and oxygen atoms in total. The molecular formula is C17H16N6O2. The predicted molar refractivity (Wildman–Crippen MR) is 90.8 cm³/mol. The molecule has 25 heavy (non-hydrogen) atoms. The van der Waals surface area contributed by atoms with Gasteiger partial charge in [-0.3, -0.25) is 14.8 Å². The molecule has 8 heteroatoms. The Labute approximate surface area is 144 Å². The molecular weight excluding hydrogens is 320 g/mol. The number of amides is 1. The molecule has 1 amide bonds. The molecule has 2 aromatic heterocycles. The van der Waals surface area contributed by atoms with E-state index in [1.165, 1.54) is 0 Å². The first-order chi connectivity index (χ1) is 12.2. The molecule has 0 aliphatic carbocycles. The van der Waals surface area contributed by atoms with Crippen LogP contribution in [0, 0.1) is 11.3 Å². The van der Waals surface area contributed by atoms with Crippen molar-refractivity contribution < 1.29 is 9.53 Å². The molecule has 0 aliphatic heterocycles. The third-order valence-corrected chi connectivity index (χ3v) is 3.47. The van der Waals surface area contributed by atoms with Gasteiger partial charge in [-0.15, -0.1) is 0 Å². The van der Waals surface area contributed by atoms with E-state index in [0.717, 1.165) is 5.56 Å². The van der Waals surface area contributed by atoms with Gasteiger partial charge in [0, 0.05) is 7.05 Å². The highest BCUT2D eigenvalue weighted by molar-refractivity contribution is 5.92. The van der Waals surface area contributed by atoms with Crippen LogP contribution in [0.25, 0.3) is 11.0 Å². The summed E-state index contributed by atoms with van der Waals surface area (Å²) in [5.41, 5.74) is 1.43. The number of nitrogens with zero attached hydrogens (tertiary/aromatic N) is 5. The number of nitrogens with one attached hydrogen (secondary N) is 1. The number of fused-ring (bicyclic) bond motifs is 1. The summed E-state index contributed by atoms with van der Waals surface area (Å²) >= 11 is 0. The van der Waals surface area contributed by atoms with Crippen molar-refractivity contribution >= 4 is 22.9 Å². The Balaban J connectivity index is 1.82. The number of carbonyl (C=O) groups is 1. The smallest absolute Gasteiger partial charge is 0.234 e. The van der Waals surface area contributed by atoms with Crippen LogP contribution in [0.2, 0.25) is 0 Å². The van der Waals surface area contributed by atoms with Crippen molar-refractivity contribution in [2.45, 2.75) is 12.8 Å². The number of aryl methyl sites for hydroxylation is 1. The summed E-state index contributed by atoms with van der Waals surface area (Å²) in [6, 6.07) is 11.4. The summed E-state index contributed by atoms with van der Waals surface area (Å²) in [6.07, 6.45) is 2.05. The minimum absolute atomic E-state index is 0.143. The minimum Gasteiger partial charge on any atom is -0.476 e. The van der Waals surface area contributed by atoms with Gasteiger partial charge in [-0.05, 0) is 5.56 Å². The Kier molecular flexibility index (Phi) is 4.85. The van der Waals surface area contributed by atoms with E-state index < -0.39 is 0 Å². The van der Waals surface area contributed by atoms with Crippen molar-refractivity contribution in [1.29, 1.82) is 5.26 Å². The Bertz CT molecular complexity index is 929. The molecule has 0 radical (unpaired) electrons. The van der Waals surface area contributed by atoms with Crippen LogP contribution in [0.15, 0.2) is 36.5 Å². The average molecular weight is 336 g/mol. The quantitative estimate of drug-likeness (QED) is 0.689. The Morgan fingerprint density at radius 3 is 2.88 bits per heavy atom. The van der Waals surface area contributed by atoms with Crippen molar-refractivity contribution in [3.05, 3.63) is 42.1 Å². The average Bonchev–Trinajstić information content (AvgIpc) is 2.97. The first-order valence-electron chi connectivity index (χ1n) is 7.70. The molecule has 0 saturated heterocycles. The highest BCUT2D eigenvalue weighted by Gasteiger charge is 2.14. The fourth-order valence-electron chi connectivity index (χ4n) is 2.31. The van der Waals surface area contributed by atoms with E-state index in [1.54, 1.807) is 17.9 Å². The van der Waals surface area contributed by atoms with E-state index in [9.17, 15) is 4.79 Å². The van der Waals surface area contributed by atoms with Crippen molar-refractivity contribution in [2.24, 2.45) is 7.05 Å². The van der Waals surface area contributed by atoms with Crippen molar-refractivity contribution in [3.8, 4) is 11.9 Å². The lowest BCUT2D eigenvalue weighted by Gasteiger charge is -2.08. The fourth-order valence-corrected chi connectivity index (χ4v) is 2.31. The van der Waals surface area contributed by atoms with Crippen LogP contribution in [0.3, 0.4) is 0 Å².